The van der Waals surface area contributed by atoms with E-state index >= 15 is 0 Å². The first-order chi connectivity index (χ1) is 8.79. The van der Waals surface area contributed by atoms with Crippen LogP contribution in [0.4, 0.5) is 0 Å². The predicted octanol–water partition coefficient (Wildman–Crippen LogP) is 2.05. The lowest BCUT2D eigenvalue weighted by Gasteiger charge is -2.37. The fourth-order valence-electron chi connectivity index (χ4n) is 1.51. The summed E-state index contributed by atoms with van der Waals surface area (Å²) in [4.78, 5) is 4.37. The van der Waals surface area contributed by atoms with E-state index < -0.39 is 11.2 Å². The molecule has 0 amide bonds. The molecule has 0 saturated heterocycles. The maximum atomic E-state index is 10.0. The summed E-state index contributed by atoms with van der Waals surface area (Å²) in [5.41, 5.74) is 0.254. The van der Waals surface area contributed by atoms with E-state index in [2.05, 4.69) is 4.98 Å². The molecule has 1 aromatic heterocycles. The van der Waals surface area contributed by atoms with Gasteiger partial charge in [0.2, 0.25) is 0 Å². The lowest BCUT2D eigenvalue weighted by molar-refractivity contribution is -0.0893. The van der Waals surface area contributed by atoms with Crippen molar-refractivity contribution in [3.63, 3.8) is 0 Å². The summed E-state index contributed by atoms with van der Waals surface area (Å²) < 4.78 is 5.71. The van der Waals surface area contributed by atoms with Gasteiger partial charge in [-0.25, -0.2) is 0 Å². The van der Waals surface area contributed by atoms with Crippen molar-refractivity contribution in [3.8, 4) is 0 Å². The third-order valence-electron chi connectivity index (χ3n) is 3.57. The molecule has 0 aliphatic heterocycles. The van der Waals surface area contributed by atoms with Gasteiger partial charge in [0, 0.05) is 6.20 Å². The van der Waals surface area contributed by atoms with Gasteiger partial charge in [-0.2, -0.15) is 0 Å². The maximum absolute atomic E-state index is 10.0. The molecule has 1 aromatic carbocycles. The largest absolute Gasteiger partial charge is 0.427 e. The highest BCUT2D eigenvalue weighted by Gasteiger charge is 2.35. The van der Waals surface area contributed by atoms with Crippen LogP contribution in [0, 0.1) is 0 Å². The average Bonchev–Trinajstić information content (AvgIpc) is 2.35. The second-order valence-electron chi connectivity index (χ2n) is 5.77. The van der Waals surface area contributed by atoms with E-state index in [9.17, 15) is 5.11 Å². The monoisotopic (exact) mass is 256 g/mol. The molecular formula is C15H19BNO2. The van der Waals surface area contributed by atoms with Crippen molar-refractivity contribution in [3.05, 3.63) is 36.5 Å². The Morgan fingerprint density at radius 1 is 1.16 bits per heavy atom. The van der Waals surface area contributed by atoms with Crippen molar-refractivity contribution in [1.82, 2.24) is 4.98 Å². The van der Waals surface area contributed by atoms with Crippen LogP contribution in [0.2, 0.25) is 0 Å². The number of hydrogen-bond donors (Lipinski definition) is 1. The van der Waals surface area contributed by atoms with Crippen molar-refractivity contribution in [2.75, 3.05) is 0 Å². The number of aliphatic hydroxyl groups is 1. The van der Waals surface area contributed by atoms with Gasteiger partial charge in [-0.05, 0) is 44.6 Å². The van der Waals surface area contributed by atoms with Gasteiger partial charge in [-0.15, -0.1) is 0 Å². The van der Waals surface area contributed by atoms with Gasteiger partial charge in [0.25, 0.3) is 0 Å². The first kappa shape index (κ1) is 14.0. The van der Waals surface area contributed by atoms with Crippen LogP contribution in [0.1, 0.15) is 27.7 Å². The lowest BCUT2D eigenvalue weighted by atomic mass is 9.83. The molecule has 99 valence electrons. The number of aromatic nitrogens is 1. The number of pyridine rings is 1. The summed E-state index contributed by atoms with van der Waals surface area (Å²) in [6.07, 6.45) is 1.77. The molecule has 0 spiro atoms. The van der Waals surface area contributed by atoms with E-state index in [0.717, 1.165) is 16.4 Å². The average molecular weight is 256 g/mol. The molecule has 1 radical (unpaired) electrons. The highest BCUT2D eigenvalue weighted by Crippen LogP contribution is 2.24. The van der Waals surface area contributed by atoms with E-state index in [0.29, 0.717) is 0 Å². The Bertz CT molecular complexity index is 576. The van der Waals surface area contributed by atoms with Gasteiger partial charge in [0.15, 0.2) is 0 Å². The summed E-state index contributed by atoms with van der Waals surface area (Å²) >= 11 is 0. The smallest absolute Gasteiger partial charge is 0.332 e. The molecule has 0 aliphatic carbocycles. The molecule has 1 N–H and O–H groups in total. The Morgan fingerprint density at radius 3 is 2.53 bits per heavy atom. The third-order valence-corrected chi connectivity index (χ3v) is 3.57. The number of rotatable bonds is 4. The maximum Gasteiger partial charge on any atom is 0.332 e. The Morgan fingerprint density at radius 2 is 1.84 bits per heavy atom. The normalized spacial score (nSPS) is 12.7. The summed E-state index contributed by atoms with van der Waals surface area (Å²) in [5, 5.41) is 11.1. The molecule has 0 saturated carbocycles. The van der Waals surface area contributed by atoms with Gasteiger partial charge < -0.3 is 9.76 Å². The molecule has 0 fully saturated rings. The summed E-state index contributed by atoms with van der Waals surface area (Å²) in [7, 11) is 1.65. The Hall–Kier alpha value is -1.39. The van der Waals surface area contributed by atoms with Crippen LogP contribution in [-0.2, 0) is 4.65 Å². The zero-order valence-corrected chi connectivity index (χ0v) is 11.8. The van der Waals surface area contributed by atoms with Gasteiger partial charge >= 0.3 is 7.48 Å². The van der Waals surface area contributed by atoms with Crippen molar-refractivity contribution in [1.29, 1.82) is 0 Å². The van der Waals surface area contributed by atoms with Crippen LogP contribution in [0.5, 0.6) is 0 Å². The number of benzene rings is 1. The molecule has 1 heterocycles. The van der Waals surface area contributed by atoms with Crippen LogP contribution in [0.3, 0.4) is 0 Å². The molecule has 0 bridgehead atoms. The molecular weight excluding hydrogens is 237 g/mol. The first-order valence-corrected chi connectivity index (χ1v) is 6.38. The molecule has 19 heavy (non-hydrogen) atoms. The van der Waals surface area contributed by atoms with Crippen molar-refractivity contribution < 1.29 is 9.76 Å². The van der Waals surface area contributed by atoms with E-state index in [-0.39, 0.29) is 0 Å². The first-order valence-electron chi connectivity index (χ1n) is 6.38. The third kappa shape index (κ3) is 3.14. The van der Waals surface area contributed by atoms with Gasteiger partial charge in [0.05, 0.1) is 16.7 Å². The molecule has 3 nitrogen and oxygen atoms in total. The number of nitrogens with zero attached hydrogens (tertiary/aromatic N) is 1. The second kappa shape index (κ2) is 4.95. The van der Waals surface area contributed by atoms with Gasteiger partial charge in [-0.3, -0.25) is 4.98 Å². The summed E-state index contributed by atoms with van der Waals surface area (Å²) in [6.45, 7) is 7.19. The molecule has 2 rings (SSSR count). The quantitative estimate of drug-likeness (QED) is 0.851. The minimum Gasteiger partial charge on any atom is -0.427 e. The highest BCUT2D eigenvalue weighted by molar-refractivity contribution is 6.47. The van der Waals surface area contributed by atoms with E-state index in [1.165, 1.54) is 0 Å². The highest BCUT2D eigenvalue weighted by atomic mass is 16.5. The van der Waals surface area contributed by atoms with E-state index in [4.69, 9.17) is 4.65 Å². The fraction of sp³-hybridized carbons (Fsp3) is 0.400. The number of fused-ring (bicyclic) bond motifs is 1. The minimum absolute atomic E-state index is 0.668. The zero-order chi connectivity index (χ0) is 14.1. The second-order valence-corrected chi connectivity index (χ2v) is 5.77. The fourth-order valence-corrected chi connectivity index (χ4v) is 1.51. The molecule has 0 unspecified atom stereocenters. The van der Waals surface area contributed by atoms with Crippen molar-refractivity contribution in [2.45, 2.75) is 38.9 Å². The van der Waals surface area contributed by atoms with Gasteiger partial charge in [-0.1, -0.05) is 24.3 Å². The Kier molecular flexibility index (Phi) is 3.65. The topological polar surface area (TPSA) is 42.4 Å². The Labute approximate surface area is 114 Å². The van der Waals surface area contributed by atoms with Crippen LogP contribution in [0.15, 0.2) is 36.5 Å². The molecule has 0 atom stereocenters. The molecule has 4 heteroatoms. The van der Waals surface area contributed by atoms with Crippen molar-refractivity contribution in [2.24, 2.45) is 0 Å². The zero-order valence-electron chi connectivity index (χ0n) is 11.8. The number of para-hydroxylation sites is 1. The minimum atomic E-state index is -0.923. The van der Waals surface area contributed by atoms with E-state index in [1.54, 1.807) is 27.5 Å². The lowest BCUT2D eigenvalue weighted by Crippen LogP contribution is -2.49. The predicted molar refractivity (Wildman–Crippen MR) is 78.6 cm³/mol. The SMILES string of the molecule is CC(C)(O)C(C)(C)O[B]c1cnc2ccccc2c1. The van der Waals surface area contributed by atoms with Crippen LogP contribution < -0.4 is 5.46 Å². The van der Waals surface area contributed by atoms with Crippen LogP contribution >= 0.6 is 0 Å². The summed E-state index contributed by atoms with van der Waals surface area (Å²) in [6, 6.07) is 9.95. The standard InChI is InChI=1S/C15H19BNO2/c1-14(2,18)15(3,4)19-16-12-9-11-7-5-6-8-13(11)17-10-12/h5-10,18H,1-4H3. The van der Waals surface area contributed by atoms with Crippen molar-refractivity contribution >= 4 is 23.8 Å². The number of hydrogen-bond acceptors (Lipinski definition) is 3. The van der Waals surface area contributed by atoms with Crippen LogP contribution in [0.25, 0.3) is 10.9 Å². The molecule has 2 aromatic rings. The van der Waals surface area contributed by atoms with E-state index in [1.807, 2.05) is 44.2 Å². The van der Waals surface area contributed by atoms with Crippen LogP contribution in [-0.4, -0.2) is 28.8 Å². The molecule has 0 aliphatic rings. The summed E-state index contributed by atoms with van der Waals surface area (Å²) in [5.74, 6) is 0. The van der Waals surface area contributed by atoms with Gasteiger partial charge in [0.1, 0.15) is 0 Å². The Balaban J connectivity index is 2.14.